The number of benzene rings is 1. The molecule has 1 atom stereocenters. The van der Waals surface area contributed by atoms with Crippen LogP contribution in [0, 0.1) is 6.92 Å². The van der Waals surface area contributed by atoms with Crippen LogP contribution in [0.15, 0.2) is 47.1 Å². The maximum absolute atomic E-state index is 12.9. The monoisotopic (exact) mass is 413 g/mol. The van der Waals surface area contributed by atoms with Crippen LogP contribution in [-0.4, -0.2) is 42.5 Å². The van der Waals surface area contributed by atoms with E-state index in [1.165, 1.54) is 11.3 Å². The quantitative estimate of drug-likeness (QED) is 0.558. The van der Waals surface area contributed by atoms with Crippen LogP contribution in [0.4, 0.5) is 0 Å². The lowest BCUT2D eigenvalue weighted by Gasteiger charge is -2.30. The lowest BCUT2D eigenvalue weighted by atomic mass is 10.0. The first-order valence-electron chi connectivity index (χ1n) is 9.74. The van der Waals surface area contributed by atoms with Crippen LogP contribution < -0.4 is 10.1 Å². The SMILES string of the molecule is CCN(CC)C(CNC(=O)c1nc(-c2ccco2)sc1C)c1cccc(OC)c1. The first-order valence-corrected chi connectivity index (χ1v) is 10.6. The van der Waals surface area contributed by atoms with E-state index in [-0.39, 0.29) is 11.9 Å². The number of aromatic nitrogens is 1. The molecule has 0 fully saturated rings. The number of ether oxygens (including phenoxy) is 1. The zero-order valence-corrected chi connectivity index (χ0v) is 18.1. The van der Waals surface area contributed by atoms with Crippen LogP contribution in [0.3, 0.4) is 0 Å². The first kappa shape index (κ1) is 21.1. The van der Waals surface area contributed by atoms with Crippen molar-refractivity contribution in [3.05, 3.63) is 58.8 Å². The van der Waals surface area contributed by atoms with Gasteiger partial charge >= 0.3 is 0 Å². The second-order valence-corrected chi connectivity index (χ2v) is 7.83. The molecule has 1 amide bonds. The Kier molecular flexibility index (Phi) is 7.06. The summed E-state index contributed by atoms with van der Waals surface area (Å²) in [6.45, 7) is 8.40. The van der Waals surface area contributed by atoms with Gasteiger partial charge in [-0.05, 0) is 49.8 Å². The molecule has 0 aliphatic rings. The molecule has 0 radical (unpaired) electrons. The maximum Gasteiger partial charge on any atom is 0.271 e. The number of rotatable bonds is 9. The van der Waals surface area contributed by atoms with Gasteiger partial charge in [0.25, 0.3) is 5.91 Å². The highest BCUT2D eigenvalue weighted by atomic mass is 32.1. The number of nitrogens with zero attached hydrogens (tertiary/aromatic N) is 2. The Morgan fingerprint density at radius 3 is 2.72 bits per heavy atom. The van der Waals surface area contributed by atoms with E-state index < -0.39 is 0 Å². The molecule has 2 heterocycles. The van der Waals surface area contributed by atoms with E-state index in [1.54, 1.807) is 13.4 Å². The van der Waals surface area contributed by atoms with Crippen molar-refractivity contribution in [3.8, 4) is 16.5 Å². The van der Waals surface area contributed by atoms with Crippen molar-refractivity contribution in [1.29, 1.82) is 0 Å². The second-order valence-electron chi connectivity index (χ2n) is 6.62. The van der Waals surface area contributed by atoms with Crippen molar-refractivity contribution in [2.24, 2.45) is 0 Å². The Labute approximate surface area is 175 Å². The van der Waals surface area contributed by atoms with E-state index in [1.807, 2.05) is 37.3 Å². The summed E-state index contributed by atoms with van der Waals surface area (Å²) in [5, 5.41) is 3.79. The minimum atomic E-state index is -0.170. The van der Waals surface area contributed by atoms with Gasteiger partial charge in [0.1, 0.15) is 11.4 Å². The lowest BCUT2D eigenvalue weighted by Crippen LogP contribution is -2.38. The fourth-order valence-corrected chi connectivity index (χ4v) is 4.24. The Hall–Kier alpha value is -2.64. The molecule has 154 valence electrons. The van der Waals surface area contributed by atoms with Gasteiger partial charge in [-0.1, -0.05) is 26.0 Å². The average Bonchev–Trinajstić information content (AvgIpc) is 3.40. The van der Waals surface area contributed by atoms with Gasteiger partial charge in [-0.3, -0.25) is 9.69 Å². The third kappa shape index (κ3) is 4.86. The highest BCUT2D eigenvalue weighted by molar-refractivity contribution is 7.15. The maximum atomic E-state index is 12.9. The van der Waals surface area contributed by atoms with Crippen LogP contribution in [-0.2, 0) is 0 Å². The normalized spacial score (nSPS) is 12.2. The fraction of sp³-hybridized carbons (Fsp3) is 0.364. The molecule has 0 saturated carbocycles. The van der Waals surface area contributed by atoms with Gasteiger partial charge in [0.05, 0.1) is 19.4 Å². The number of carbonyl (C=O) groups is 1. The zero-order valence-electron chi connectivity index (χ0n) is 17.3. The predicted molar refractivity (Wildman–Crippen MR) is 116 cm³/mol. The summed E-state index contributed by atoms with van der Waals surface area (Å²) in [5.74, 6) is 1.32. The number of methoxy groups -OCH3 is 1. The van der Waals surface area contributed by atoms with Crippen LogP contribution in [0.2, 0.25) is 0 Å². The van der Waals surface area contributed by atoms with E-state index in [0.29, 0.717) is 23.0 Å². The molecular weight excluding hydrogens is 386 g/mol. The summed E-state index contributed by atoms with van der Waals surface area (Å²) in [5.41, 5.74) is 1.56. The molecular formula is C22H27N3O3S. The number of amides is 1. The molecule has 6 nitrogen and oxygen atoms in total. The van der Waals surface area contributed by atoms with E-state index >= 15 is 0 Å². The number of carbonyl (C=O) groups excluding carboxylic acids is 1. The molecule has 2 aromatic heterocycles. The van der Waals surface area contributed by atoms with Crippen molar-refractivity contribution in [2.75, 3.05) is 26.7 Å². The Morgan fingerprint density at radius 1 is 1.28 bits per heavy atom. The van der Waals surface area contributed by atoms with E-state index in [2.05, 4.69) is 35.1 Å². The molecule has 0 saturated heterocycles. The van der Waals surface area contributed by atoms with E-state index in [0.717, 1.165) is 29.3 Å². The molecule has 0 aliphatic carbocycles. The molecule has 0 aliphatic heterocycles. The van der Waals surface area contributed by atoms with Crippen molar-refractivity contribution >= 4 is 17.2 Å². The Morgan fingerprint density at radius 2 is 2.07 bits per heavy atom. The third-order valence-corrected chi connectivity index (χ3v) is 5.92. The number of hydrogen-bond acceptors (Lipinski definition) is 6. The molecule has 1 N–H and O–H groups in total. The minimum absolute atomic E-state index is 0.0486. The van der Waals surface area contributed by atoms with Gasteiger partial charge in [0, 0.05) is 11.4 Å². The van der Waals surface area contributed by atoms with Crippen molar-refractivity contribution < 1.29 is 13.9 Å². The Bertz CT molecular complexity index is 933. The molecule has 3 rings (SSSR count). The molecule has 1 aromatic carbocycles. The number of nitrogens with one attached hydrogen (secondary N) is 1. The molecule has 3 aromatic rings. The fourth-order valence-electron chi connectivity index (χ4n) is 3.36. The van der Waals surface area contributed by atoms with Crippen LogP contribution >= 0.6 is 11.3 Å². The number of furan rings is 1. The summed E-state index contributed by atoms with van der Waals surface area (Å²) in [6, 6.07) is 11.7. The van der Waals surface area contributed by atoms with Crippen molar-refractivity contribution in [1.82, 2.24) is 15.2 Å². The standard InChI is InChI=1S/C22H27N3O3S/c1-5-25(6-2)18(16-9-7-10-17(13-16)27-4)14-23-21(26)20-15(3)29-22(24-20)19-11-8-12-28-19/h7-13,18H,5-6,14H2,1-4H3,(H,23,26). The van der Waals surface area contributed by atoms with Gasteiger partial charge < -0.3 is 14.5 Å². The van der Waals surface area contributed by atoms with Crippen LogP contribution in [0.5, 0.6) is 5.75 Å². The number of hydrogen-bond donors (Lipinski definition) is 1. The van der Waals surface area contributed by atoms with Crippen LogP contribution in [0.1, 0.15) is 40.8 Å². The first-order chi connectivity index (χ1) is 14.1. The van der Waals surface area contributed by atoms with Crippen LogP contribution in [0.25, 0.3) is 10.8 Å². The molecule has 29 heavy (non-hydrogen) atoms. The van der Waals surface area contributed by atoms with Gasteiger partial charge in [0.15, 0.2) is 10.8 Å². The van der Waals surface area contributed by atoms with Gasteiger partial charge in [-0.2, -0.15) is 0 Å². The second kappa shape index (κ2) is 9.71. The smallest absolute Gasteiger partial charge is 0.271 e. The zero-order chi connectivity index (χ0) is 20.8. The summed E-state index contributed by atoms with van der Waals surface area (Å²) in [4.78, 5) is 20.5. The van der Waals surface area contributed by atoms with E-state index in [9.17, 15) is 4.79 Å². The van der Waals surface area contributed by atoms with Gasteiger partial charge in [-0.15, -0.1) is 11.3 Å². The molecule has 1 unspecified atom stereocenters. The van der Waals surface area contributed by atoms with Gasteiger partial charge in [-0.25, -0.2) is 4.98 Å². The lowest BCUT2D eigenvalue weighted by molar-refractivity contribution is 0.0930. The third-order valence-electron chi connectivity index (χ3n) is 4.93. The Balaban J connectivity index is 1.77. The van der Waals surface area contributed by atoms with Gasteiger partial charge in [0.2, 0.25) is 0 Å². The van der Waals surface area contributed by atoms with E-state index in [4.69, 9.17) is 9.15 Å². The molecule has 0 spiro atoms. The number of likely N-dealkylation sites (N-methyl/N-ethyl adjacent to an activating group) is 1. The predicted octanol–water partition coefficient (Wildman–Crippen LogP) is 4.53. The minimum Gasteiger partial charge on any atom is -0.497 e. The largest absolute Gasteiger partial charge is 0.497 e. The summed E-state index contributed by atoms with van der Waals surface area (Å²) in [6.07, 6.45) is 1.61. The highest BCUT2D eigenvalue weighted by Crippen LogP contribution is 2.28. The highest BCUT2D eigenvalue weighted by Gasteiger charge is 2.22. The number of aryl methyl sites for hydroxylation is 1. The topological polar surface area (TPSA) is 67.6 Å². The summed E-state index contributed by atoms with van der Waals surface area (Å²) < 4.78 is 10.8. The summed E-state index contributed by atoms with van der Waals surface area (Å²) >= 11 is 1.46. The van der Waals surface area contributed by atoms with Crippen molar-refractivity contribution in [3.63, 3.8) is 0 Å². The number of thiazole rings is 1. The molecule has 7 heteroatoms. The summed E-state index contributed by atoms with van der Waals surface area (Å²) in [7, 11) is 1.66. The average molecular weight is 414 g/mol. The van der Waals surface area contributed by atoms with Crippen molar-refractivity contribution in [2.45, 2.75) is 26.8 Å². The molecule has 0 bridgehead atoms.